The molecule has 0 amide bonds. The Morgan fingerprint density at radius 1 is 1.42 bits per heavy atom. The van der Waals surface area contributed by atoms with Gasteiger partial charge in [0.1, 0.15) is 0 Å². The van der Waals surface area contributed by atoms with Crippen LogP contribution in [0.5, 0.6) is 0 Å². The molecule has 112 valence electrons. The summed E-state index contributed by atoms with van der Waals surface area (Å²) in [4.78, 5) is 6.90. The van der Waals surface area contributed by atoms with Crippen molar-refractivity contribution in [3.63, 3.8) is 0 Å². The van der Waals surface area contributed by atoms with Crippen LogP contribution in [0, 0.1) is 5.92 Å². The summed E-state index contributed by atoms with van der Waals surface area (Å²) in [5.41, 5.74) is 0. The largest absolute Gasteiger partial charge is 0.383 e. The fraction of sp³-hybridized carbons (Fsp3) is 0.929. The molecule has 0 aromatic rings. The number of rotatable bonds is 9. The molecular formula is C14H30N4O. The van der Waals surface area contributed by atoms with E-state index in [4.69, 9.17) is 4.74 Å². The molecule has 1 fully saturated rings. The van der Waals surface area contributed by atoms with Gasteiger partial charge in [-0.2, -0.15) is 0 Å². The Labute approximate surface area is 117 Å². The first-order chi connectivity index (χ1) is 9.17. The second kappa shape index (κ2) is 9.15. The van der Waals surface area contributed by atoms with Crippen molar-refractivity contribution >= 4 is 5.96 Å². The highest BCUT2D eigenvalue weighted by Crippen LogP contribution is 2.28. The van der Waals surface area contributed by atoms with Crippen molar-refractivity contribution in [2.24, 2.45) is 10.9 Å². The summed E-state index contributed by atoms with van der Waals surface area (Å²) in [6.45, 7) is 9.00. The minimum Gasteiger partial charge on any atom is -0.383 e. The van der Waals surface area contributed by atoms with Crippen molar-refractivity contribution in [1.29, 1.82) is 0 Å². The molecule has 2 unspecified atom stereocenters. The molecule has 2 N–H and O–H groups in total. The number of aliphatic imine (C=N–C) groups is 1. The van der Waals surface area contributed by atoms with E-state index >= 15 is 0 Å². The summed E-state index contributed by atoms with van der Waals surface area (Å²) in [6.07, 6.45) is 2.35. The summed E-state index contributed by atoms with van der Waals surface area (Å²) in [5.74, 6) is 1.76. The Balaban J connectivity index is 2.15. The fourth-order valence-corrected chi connectivity index (χ4v) is 1.91. The van der Waals surface area contributed by atoms with E-state index in [0.717, 1.165) is 51.1 Å². The third kappa shape index (κ3) is 7.38. The van der Waals surface area contributed by atoms with E-state index in [0.29, 0.717) is 6.04 Å². The van der Waals surface area contributed by atoms with Crippen molar-refractivity contribution < 1.29 is 4.74 Å². The third-order valence-electron chi connectivity index (χ3n) is 3.42. The van der Waals surface area contributed by atoms with E-state index in [1.807, 2.05) is 0 Å². The summed E-state index contributed by atoms with van der Waals surface area (Å²) >= 11 is 0. The predicted octanol–water partition coefficient (Wildman–Crippen LogP) is 0.918. The van der Waals surface area contributed by atoms with E-state index in [9.17, 15) is 0 Å². The molecule has 5 nitrogen and oxygen atoms in total. The standard InChI is InChI=1S/C14H30N4O/c1-5-15-14(17-13-11-12(13)2)16-7-6-8-18(3)9-10-19-4/h12-13H,5-11H2,1-4H3,(H2,15,16,17). The van der Waals surface area contributed by atoms with Gasteiger partial charge in [0.2, 0.25) is 0 Å². The van der Waals surface area contributed by atoms with Gasteiger partial charge in [0.15, 0.2) is 5.96 Å². The first-order valence-electron chi connectivity index (χ1n) is 7.39. The van der Waals surface area contributed by atoms with Gasteiger partial charge in [-0.1, -0.05) is 6.92 Å². The molecule has 0 radical (unpaired) electrons. The molecular weight excluding hydrogens is 240 g/mol. The highest BCUT2D eigenvalue weighted by atomic mass is 16.5. The highest BCUT2D eigenvalue weighted by Gasteiger charge is 2.33. The van der Waals surface area contributed by atoms with Gasteiger partial charge in [0.05, 0.1) is 6.61 Å². The molecule has 5 heteroatoms. The van der Waals surface area contributed by atoms with E-state index in [2.05, 4.69) is 41.4 Å². The van der Waals surface area contributed by atoms with Crippen molar-refractivity contribution in [2.75, 3.05) is 46.9 Å². The zero-order valence-electron chi connectivity index (χ0n) is 12.9. The summed E-state index contributed by atoms with van der Waals surface area (Å²) in [7, 11) is 3.86. The first-order valence-corrected chi connectivity index (χ1v) is 7.39. The molecule has 0 aliphatic heterocycles. The summed E-state index contributed by atoms with van der Waals surface area (Å²) in [6, 6.07) is 0.627. The normalized spacial score (nSPS) is 22.7. The van der Waals surface area contributed by atoms with Gasteiger partial charge in [-0.05, 0) is 39.3 Å². The number of nitrogens with zero attached hydrogens (tertiary/aromatic N) is 2. The van der Waals surface area contributed by atoms with Crippen LogP contribution < -0.4 is 10.6 Å². The molecule has 1 rings (SSSR count). The quantitative estimate of drug-likeness (QED) is 0.372. The Morgan fingerprint density at radius 2 is 2.16 bits per heavy atom. The molecule has 1 aliphatic carbocycles. The van der Waals surface area contributed by atoms with Crippen LogP contribution >= 0.6 is 0 Å². The molecule has 0 spiro atoms. The lowest BCUT2D eigenvalue weighted by Crippen LogP contribution is -2.39. The average molecular weight is 270 g/mol. The van der Waals surface area contributed by atoms with Crippen LogP contribution in [0.2, 0.25) is 0 Å². The molecule has 19 heavy (non-hydrogen) atoms. The highest BCUT2D eigenvalue weighted by molar-refractivity contribution is 5.80. The smallest absolute Gasteiger partial charge is 0.191 e. The second-order valence-corrected chi connectivity index (χ2v) is 5.37. The zero-order valence-corrected chi connectivity index (χ0v) is 12.9. The van der Waals surface area contributed by atoms with Crippen LogP contribution in [0.1, 0.15) is 26.7 Å². The van der Waals surface area contributed by atoms with Crippen LogP contribution in [-0.4, -0.2) is 63.8 Å². The van der Waals surface area contributed by atoms with E-state index in [1.54, 1.807) is 7.11 Å². The Morgan fingerprint density at radius 3 is 2.74 bits per heavy atom. The van der Waals surface area contributed by atoms with Crippen molar-refractivity contribution in [1.82, 2.24) is 15.5 Å². The summed E-state index contributed by atoms with van der Waals surface area (Å²) < 4.78 is 5.06. The summed E-state index contributed by atoms with van der Waals surface area (Å²) in [5, 5.41) is 6.77. The predicted molar refractivity (Wildman–Crippen MR) is 80.7 cm³/mol. The van der Waals surface area contributed by atoms with Gasteiger partial charge in [0.25, 0.3) is 0 Å². The van der Waals surface area contributed by atoms with Crippen LogP contribution in [0.4, 0.5) is 0 Å². The number of hydrogen-bond acceptors (Lipinski definition) is 3. The Bertz CT molecular complexity index is 270. The number of hydrogen-bond donors (Lipinski definition) is 2. The number of methoxy groups -OCH3 is 1. The molecule has 2 atom stereocenters. The third-order valence-corrected chi connectivity index (χ3v) is 3.42. The first kappa shape index (κ1) is 16.2. The maximum absolute atomic E-state index is 5.06. The van der Waals surface area contributed by atoms with E-state index < -0.39 is 0 Å². The Kier molecular flexibility index (Phi) is 7.82. The molecule has 1 aliphatic rings. The van der Waals surface area contributed by atoms with Crippen molar-refractivity contribution in [3.05, 3.63) is 0 Å². The van der Waals surface area contributed by atoms with Crippen LogP contribution in [0.25, 0.3) is 0 Å². The second-order valence-electron chi connectivity index (χ2n) is 5.37. The van der Waals surface area contributed by atoms with Crippen LogP contribution in [0.3, 0.4) is 0 Å². The minimum absolute atomic E-state index is 0.627. The fourth-order valence-electron chi connectivity index (χ4n) is 1.91. The molecule has 1 saturated carbocycles. The van der Waals surface area contributed by atoms with Gasteiger partial charge < -0.3 is 20.3 Å². The lowest BCUT2D eigenvalue weighted by molar-refractivity contribution is 0.161. The lowest BCUT2D eigenvalue weighted by Gasteiger charge is -2.15. The van der Waals surface area contributed by atoms with Gasteiger partial charge in [-0.25, -0.2) is 0 Å². The molecule has 0 saturated heterocycles. The van der Waals surface area contributed by atoms with Gasteiger partial charge >= 0.3 is 0 Å². The van der Waals surface area contributed by atoms with Crippen molar-refractivity contribution in [2.45, 2.75) is 32.7 Å². The SMILES string of the molecule is CCNC(=NCCCN(C)CCOC)NC1CC1C. The average Bonchev–Trinajstić information content (AvgIpc) is 3.07. The molecule has 0 aromatic heterocycles. The lowest BCUT2D eigenvalue weighted by atomic mass is 10.4. The molecule has 0 aromatic carbocycles. The Hall–Kier alpha value is -0.810. The van der Waals surface area contributed by atoms with Crippen LogP contribution in [-0.2, 0) is 4.74 Å². The van der Waals surface area contributed by atoms with Gasteiger partial charge in [-0.3, -0.25) is 4.99 Å². The maximum Gasteiger partial charge on any atom is 0.191 e. The number of nitrogens with one attached hydrogen (secondary N) is 2. The number of ether oxygens (including phenoxy) is 1. The van der Waals surface area contributed by atoms with Gasteiger partial charge in [0, 0.05) is 32.8 Å². The zero-order chi connectivity index (χ0) is 14.1. The van der Waals surface area contributed by atoms with Crippen LogP contribution in [0.15, 0.2) is 4.99 Å². The van der Waals surface area contributed by atoms with E-state index in [-0.39, 0.29) is 0 Å². The minimum atomic E-state index is 0.627. The number of guanidine groups is 1. The van der Waals surface area contributed by atoms with Crippen molar-refractivity contribution in [3.8, 4) is 0 Å². The van der Waals surface area contributed by atoms with Gasteiger partial charge in [-0.15, -0.1) is 0 Å². The monoisotopic (exact) mass is 270 g/mol. The topological polar surface area (TPSA) is 48.9 Å². The molecule has 0 heterocycles. The number of likely N-dealkylation sites (N-methyl/N-ethyl adjacent to an activating group) is 1. The van der Waals surface area contributed by atoms with E-state index in [1.165, 1.54) is 6.42 Å². The maximum atomic E-state index is 5.06. The molecule has 0 bridgehead atoms.